The van der Waals surface area contributed by atoms with E-state index in [4.69, 9.17) is 4.74 Å². The Kier molecular flexibility index (Phi) is 5.12. The Morgan fingerprint density at radius 3 is 2.57 bits per heavy atom. The monoisotopic (exact) mass is 423 g/mol. The van der Waals surface area contributed by atoms with Gasteiger partial charge in [0.05, 0.1) is 11.9 Å². The summed E-state index contributed by atoms with van der Waals surface area (Å²) in [6.45, 7) is 3.15. The van der Waals surface area contributed by atoms with Crippen LogP contribution in [0, 0.1) is 0 Å². The largest absolute Gasteiger partial charge is 0.474 e. The Morgan fingerprint density at radius 2 is 1.90 bits per heavy atom. The second-order valence-electron chi connectivity index (χ2n) is 7.43. The highest BCUT2D eigenvalue weighted by Gasteiger charge is 2.39. The van der Waals surface area contributed by atoms with Gasteiger partial charge in [-0.1, -0.05) is 0 Å². The zero-order valence-electron chi connectivity index (χ0n) is 16.2. The third-order valence-electron chi connectivity index (χ3n) is 5.42. The van der Waals surface area contributed by atoms with E-state index in [1.54, 1.807) is 17.2 Å². The van der Waals surface area contributed by atoms with E-state index >= 15 is 0 Å². The molecule has 160 valence electrons. The Labute approximate surface area is 169 Å². The van der Waals surface area contributed by atoms with Gasteiger partial charge in [0.15, 0.2) is 0 Å². The molecule has 1 N–H and O–H groups in total. The van der Waals surface area contributed by atoms with E-state index in [1.165, 1.54) is 11.8 Å². The van der Waals surface area contributed by atoms with Crippen LogP contribution in [-0.4, -0.2) is 45.2 Å². The van der Waals surface area contributed by atoms with Gasteiger partial charge in [-0.3, -0.25) is 9.59 Å². The summed E-state index contributed by atoms with van der Waals surface area (Å²) in [6.07, 6.45) is -0.873. The van der Waals surface area contributed by atoms with E-state index < -0.39 is 17.3 Å². The van der Waals surface area contributed by atoms with Crippen molar-refractivity contribution in [1.29, 1.82) is 0 Å². The summed E-state index contributed by atoms with van der Waals surface area (Å²) in [5.74, 6) is 0.439. The Hall–Kier alpha value is -3.11. The zero-order chi connectivity index (χ0) is 21.5. The third-order valence-corrected chi connectivity index (χ3v) is 5.42. The molecule has 0 unspecified atom stereocenters. The van der Waals surface area contributed by atoms with E-state index in [1.807, 2.05) is 5.10 Å². The van der Waals surface area contributed by atoms with Gasteiger partial charge in [-0.2, -0.15) is 18.3 Å². The van der Waals surface area contributed by atoms with Crippen LogP contribution in [0.25, 0.3) is 0 Å². The number of aromatic amines is 1. The molecule has 0 aliphatic carbocycles. The molecule has 0 bridgehead atoms. The molecule has 2 aliphatic rings. The first kappa shape index (κ1) is 20.2. The highest BCUT2D eigenvalue weighted by molar-refractivity contribution is 5.73. The number of piperidine rings is 1. The minimum Gasteiger partial charge on any atom is -0.474 e. The number of amides is 1. The quantitative estimate of drug-likeness (QED) is 0.813. The number of hydrogen-bond acceptors (Lipinski definition) is 6. The van der Waals surface area contributed by atoms with Gasteiger partial charge in [-0.05, 0) is 11.1 Å². The number of aromatic nitrogens is 3. The number of nitrogens with one attached hydrogen (secondary N) is 1. The zero-order valence-corrected chi connectivity index (χ0v) is 16.2. The minimum absolute atomic E-state index is 0.0386. The number of nitrogens with zero attached hydrogens (tertiary/aromatic N) is 4. The van der Waals surface area contributed by atoms with Crippen LogP contribution in [0.1, 0.15) is 36.5 Å². The molecule has 8 nitrogen and oxygen atoms in total. The van der Waals surface area contributed by atoms with Gasteiger partial charge in [0, 0.05) is 58.2 Å². The summed E-state index contributed by atoms with van der Waals surface area (Å²) in [5, 5.41) is 5.38. The van der Waals surface area contributed by atoms with Crippen LogP contribution in [0.15, 0.2) is 23.3 Å². The summed E-state index contributed by atoms with van der Waals surface area (Å²) in [4.78, 5) is 30.7. The van der Waals surface area contributed by atoms with Gasteiger partial charge in [0.2, 0.25) is 11.8 Å². The van der Waals surface area contributed by atoms with Crippen molar-refractivity contribution in [1.82, 2.24) is 20.1 Å². The van der Waals surface area contributed by atoms with Crippen molar-refractivity contribution in [3.8, 4) is 5.88 Å². The molecule has 2 aromatic rings. The third kappa shape index (κ3) is 3.96. The fourth-order valence-electron chi connectivity index (χ4n) is 3.86. The molecule has 0 radical (unpaired) electrons. The van der Waals surface area contributed by atoms with Crippen molar-refractivity contribution in [2.24, 2.45) is 0 Å². The number of pyridine rings is 1. The number of carbonyl (C=O) groups excluding carboxylic acids is 1. The van der Waals surface area contributed by atoms with E-state index in [0.29, 0.717) is 31.8 Å². The fraction of sp³-hybridized carbons (Fsp3) is 0.474. The lowest BCUT2D eigenvalue weighted by molar-refractivity contribution is -0.138. The first-order valence-corrected chi connectivity index (χ1v) is 9.52. The first-order valence-electron chi connectivity index (χ1n) is 9.52. The van der Waals surface area contributed by atoms with Crippen LogP contribution in [0.3, 0.4) is 0 Å². The molecule has 4 heterocycles. The van der Waals surface area contributed by atoms with Crippen LogP contribution in [-0.2, 0) is 24.1 Å². The lowest BCUT2D eigenvalue weighted by atomic mass is 10.1. The molecule has 0 atom stereocenters. The van der Waals surface area contributed by atoms with Crippen LogP contribution < -0.4 is 15.2 Å². The van der Waals surface area contributed by atoms with Gasteiger partial charge in [-0.25, -0.2) is 10.1 Å². The Bertz CT molecular complexity index is 1020. The predicted molar refractivity (Wildman–Crippen MR) is 99.9 cm³/mol. The molecule has 1 fully saturated rings. The van der Waals surface area contributed by atoms with Gasteiger partial charge in [-0.15, -0.1) is 0 Å². The second-order valence-corrected chi connectivity index (χ2v) is 7.43. The van der Waals surface area contributed by atoms with Crippen molar-refractivity contribution in [3.05, 3.63) is 45.5 Å². The number of ether oxygens (including phenoxy) is 1. The minimum atomic E-state index is -4.79. The van der Waals surface area contributed by atoms with E-state index in [2.05, 4.69) is 10.1 Å². The lowest BCUT2D eigenvalue weighted by Crippen LogP contribution is -2.40. The molecular weight excluding hydrogens is 403 g/mol. The summed E-state index contributed by atoms with van der Waals surface area (Å²) >= 11 is 0. The molecule has 4 rings (SSSR count). The van der Waals surface area contributed by atoms with Gasteiger partial charge in [0.1, 0.15) is 11.7 Å². The molecular formula is C19H20F3N5O3. The number of H-pyrrole nitrogens is 1. The molecule has 1 saturated heterocycles. The van der Waals surface area contributed by atoms with E-state index in [-0.39, 0.29) is 30.8 Å². The van der Waals surface area contributed by atoms with Crippen molar-refractivity contribution in [3.63, 3.8) is 0 Å². The molecule has 2 aromatic heterocycles. The molecule has 1 amide bonds. The second kappa shape index (κ2) is 7.62. The summed E-state index contributed by atoms with van der Waals surface area (Å²) in [5.41, 5.74) is -1.24. The number of alkyl halides is 3. The van der Waals surface area contributed by atoms with Crippen molar-refractivity contribution < 1.29 is 22.7 Å². The first-order chi connectivity index (χ1) is 14.2. The Balaban J connectivity index is 1.48. The maximum atomic E-state index is 13.4. The smallest absolute Gasteiger partial charge is 0.423 e. The average Bonchev–Trinajstić information content (AvgIpc) is 3.10. The molecule has 30 heavy (non-hydrogen) atoms. The normalized spacial score (nSPS) is 17.2. The van der Waals surface area contributed by atoms with Crippen molar-refractivity contribution >= 4 is 11.6 Å². The number of hydrogen-bond donors (Lipinski definition) is 1. The molecule has 0 aromatic carbocycles. The molecule has 0 saturated carbocycles. The van der Waals surface area contributed by atoms with Crippen LogP contribution >= 0.6 is 0 Å². The summed E-state index contributed by atoms with van der Waals surface area (Å²) in [7, 11) is 0. The summed E-state index contributed by atoms with van der Waals surface area (Å²) in [6, 6.07) is 1.72. The SMILES string of the molecule is CC(=O)N1CCC(Oc2cc3c(cn2)CN(c2cn[nH]c(=O)c2C(F)(F)F)C3)CC1. The standard InChI is InChI=1S/C19H20F3N5O3/c1-11(28)26-4-2-14(3-5-26)30-16-6-12-9-27(10-13(12)7-23-16)15-8-24-25-18(29)17(15)19(20,21)22/h6-8,14H,2-5,9-10H2,1H3,(H,25,29). The van der Waals surface area contributed by atoms with Gasteiger partial charge < -0.3 is 14.5 Å². The van der Waals surface area contributed by atoms with Crippen molar-refractivity contribution in [2.45, 2.75) is 45.1 Å². The van der Waals surface area contributed by atoms with E-state index in [9.17, 15) is 22.8 Å². The number of carbonyl (C=O) groups is 1. The highest BCUT2D eigenvalue weighted by atomic mass is 19.4. The topological polar surface area (TPSA) is 91.4 Å². The lowest BCUT2D eigenvalue weighted by Gasteiger charge is -2.31. The highest BCUT2D eigenvalue weighted by Crippen LogP contribution is 2.37. The molecule has 11 heteroatoms. The maximum absolute atomic E-state index is 13.4. The average molecular weight is 423 g/mol. The maximum Gasteiger partial charge on any atom is 0.423 e. The molecule has 0 spiro atoms. The number of fused-ring (bicyclic) bond motifs is 1. The number of rotatable bonds is 3. The van der Waals surface area contributed by atoms with Crippen LogP contribution in [0.5, 0.6) is 5.88 Å². The summed E-state index contributed by atoms with van der Waals surface area (Å²) < 4.78 is 46.0. The van der Waals surface area contributed by atoms with E-state index in [0.717, 1.165) is 17.3 Å². The van der Waals surface area contributed by atoms with Crippen LogP contribution in [0.2, 0.25) is 0 Å². The van der Waals surface area contributed by atoms with Crippen LogP contribution in [0.4, 0.5) is 18.9 Å². The Morgan fingerprint density at radius 1 is 1.20 bits per heavy atom. The van der Waals surface area contributed by atoms with Crippen molar-refractivity contribution in [2.75, 3.05) is 18.0 Å². The fourth-order valence-corrected chi connectivity index (χ4v) is 3.86. The predicted octanol–water partition coefficient (Wildman–Crippen LogP) is 2.09. The number of halogens is 3. The number of anilines is 1. The number of likely N-dealkylation sites (tertiary alicyclic amines) is 1. The van der Waals surface area contributed by atoms with Gasteiger partial charge in [0.25, 0.3) is 5.56 Å². The van der Waals surface area contributed by atoms with Gasteiger partial charge >= 0.3 is 6.18 Å². The molecule has 2 aliphatic heterocycles.